The molecule has 1 fully saturated rings. The first-order chi connectivity index (χ1) is 8.68. The van der Waals surface area contributed by atoms with E-state index in [4.69, 9.17) is 18.5 Å². The van der Waals surface area contributed by atoms with Crippen molar-refractivity contribution < 1.29 is 23.3 Å². The molecule has 2 heterocycles. The molecule has 0 unspecified atom stereocenters. The van der Waals surface area contributed by atoms with Crippen LogP contribution in [-0.4, -0.2) is 31.4 Å². The van der Waals surface area contributed by atoms with Gasteiger partial charge in [0.05, 0.1) is 18.3 Å². The Kier molecular flexibility index (Phi) is 3.27. The molecule has 0 atom stereocenters. The summed E-state index contributed by atoms with van der Waals surface area (Å²) in [5.41, 5.74) is -0.00289. The SMILES string of the molecule is COC(=O)c1cc(B2OC(C)(C)C(C)(C)O2)oc1C. The first-order valence-corrected chi connectivity index (χ1v) is 6.22. The molecule has 0 N–H and O–H groups in total. The standard InChI is InChI=1S/C13H19BO5/c1-8-9(11(15)16-6)7-10(17-8)14-18-12(2,3)13(4,5)19-14/h7H,1-6H3. The van der Waals surface area contributed by atoms with E-state index in [0.29, 0.717) is 17.0 Å². The number of aryl methyl sites for hydroxylation is 1. The molecule has 0 aliphatic carbocycles. The maximum atomic E-state index is 11.6. The van der Waals surface area contributed by atoms with Crippen LogP contribution in [-0.2, 0) is 14.0 Å². The Morgan fingerprint density at radius 3 is 2.21 bits per heavy atom. The van der Waals surface area contributed by atoms with E-state index >= 15 is 0 Å². The van der Waals surface area contributed by atoms with Crippen molar-refractivity contribution in [2.75, 3.05) is 7.11 Å². The summed E-state index contributed by atoms with van der Waals surface area (Å²) >= 11 is 0. The summed E-state index contributed by atoms with van der Waals surface area (Å²) in [4.78, 5) is 11.6. The Hall–Kier alpha value is -1.27. The van der Waals surface area contributed by atoms with Gasteiger partial charge in [-0.2, -0.15) is 0 Å². The summed E-state index contributed by atoms with van der Waals surface area (Å²) in [7, 11) is 0.727. The van der Waals surface area contributed by atoms with Crippen LogP contribution in [0, 0.1) is 6.92 Å². The molecule has 1 aromatic rings. The summed E-state index contributed by atoms with van der Waals surface area (Å²) in [6.07, 6.45) is 0. The molecule has 0 spiro atoms. The molecule has 5 nitrogen and oxygen atoms in total. The van der Waals surface area contributed by atoms with Gasteiger partial charge in [0.25, 0.3) is 0 Å². The molecular formula is C13H19BO5. The molecule has 1 aliphatic heterocycles. The minimum Gasteiger partial charge on any atom is -0.469 e. The van der Waals surface area contributed by atoms with Gasteiger partial charge in [-0.3, -0.25) is 0 Å². The van der Waals surface area contributed by atoms with Crippen molar-refractivity contribution >= 4 is 18.7 Å². The van der Waals surface area contributed by atoms with Crippen LogP contribution in [0.1, 0.15) is 43.8 Å². The van der Waals surface area contributed by atoms with E-state index < -0.39 is 24.3 Å². The second-order valence-corrected chi connectivity index (χ2v) is 5.70. The number of rotatable bonds is 2. The molecule has 0 saturated carbocycles. The van der Waals surface area contributed by atoms with E-state index in [1.54, 1.807) is 13.0 Å². The molecule has 0 aromatic carbocycles. The average molecular weight is 266 g/mol. The molecular weight excluding hydrogens is 247 g/mol. The lowest BCUT2D eigenvalue weighted by atomic mass is 9.86. The number of hydrogen-bond donors (Lipinski definition) is 0. The summed E-state index contributed by atoms with van der Waals surface area (Å²) in [6, 6.07) is 1.61. The van der Waals surface area contributed by atoms with Crippen LogP contribution in [0.25, 0.3) is 0 Å². The van der Waals surface area contributed by atoms with Gasteiger partial charge in [-0.25, -0.2) is 4.79 Å². The maximum absolute atomic E-state index is 11.6. The lowest BCUT2D eigenvalue weighted by Gasteiger charge is -2.32. The summed E-state index contributed by atoms with van der Waals surface area (Å²) in [5, 5.41) is 0. The number of hydrogen-bond acceptors (Lipinski definition) is 5. The normalized spacial score (nSPS) is 20.6. The van der Waals surface area contributed by atoms with Crippen LogP contribution in [0.3, 0.4) is 0 Å². The number of furan rings is 1. The van der Waals surface area contributed by atoms with E-state index in [0.717, 1.165) is 0 Å². The zero-order valence-corrected chi connectivity index (χ0v) is 12.2. The van der Waals surface area contributed by atoms with E-state index in [2.05, 4.69) is 0 Å². The number of carbonyl (C=O) groups excluding carboxylic acids is 1. The quantitative estimate of drug-likeness (QED) is 0.602. The zero-order chi connectivity index (χ0) is 14.4. The molecule has 0 bridgehead atoms. The number of esters is 1. The van der Waals surface area contributed by atoms with Crippen LogP contribution in [0.2, 0.25) is 0 Å². The highest BCUT2D eigenvalue weighted by Crippen LogP contribution is 2.36. The highest BCUT2D eigenvalue weighted by atomic mass is 16.7. The largest absolute Gasteiger partial charge is 0.532 e. The monoisotopic (exact) mass is 266 g/mol. The Morgan fingerprint density at radius 2 is 1.74 bits per heavy atom. The third-order valence-electron chi connectivity index (χ3n) is 3.83. The topological polar surface area (TPSA) is 57.9 Å². The fraction of sp³-hybridized carbons (Fsp3) is 0.615. The van der Waals surface area contributed by atoms with Crippen LogP contribution < -0.4 is 5.66 Å². The van der Waals surface area contributed by atoms with Crippen molar-refractivity contribution in [1.29, 1.82) is 0 Å². The van der Waals surface area contributed by atoms with Gasteiger partial charge < -0.3 is 18.5 Å². The highest BCUT2D eigenvalue weighted by molar-refractivity contribution is 6.60. The predicted octanol–water partition coefficient (Wildman–Crippen LogP) is 1.67. The maximum Gasteiger partial charge on any atom is 0.532 e. The van der Waals surface area contributed by atoms with Crippen LogP contribution in [0.15, 0.2) is 10.5 Å². The molecule has 1 saturated heterocycles. The van der Waals surface area contributed by atoms with Crippen LogP contribution in [0.4, 0.5) is 0 Å². The van der Waals surface area contributed by atoms with Crippen molar-refractivity contribution in [2.24, 2.45) is 0 Å². The average Bonchev–Trinajstić information content (AvgIpc) is 2.77. The zero-order valence-electron chi connectivity index (χ0n) is 12.2. The molecule has 19 heavy (non-hydrogen) atoms. The van der Waals surface area contributed by atoms with Crippen LogP contribution >= 0.6 is 0 Å². The first kappa shape index (κ1) is 14.2. The van der Waals surface area contributed by atoms with Gasteiger partial charge >= 0.3 is 13.1 Å². The smallest absolute Gasteiger partial charge is 0.469 e. The van der Waals surface area contributed by atoms with Gasteiger partial charge in [-0.1, -0.05) is 0 Å². The van der Waals surface area contributed by atoms with Crippen molar-refractivity contribution in [2.45, 2.75) is 45.8 Å². The molecule has 1 aliphatic rings. The van der Waals surface area contributed by atoms with E-state index in [1.165, 1.54) is 7.11 Å². The summed E-state index contributed by atoms with van der Waals surface area (Å²) in [5.74, 6) is 0.0700. The number of methoxy groups -OCH3 is 1. The molecule has 0 amide bonds. The van der Waals surface area contributed by atoms with Crippen molar-refractivity contribution in [1.82, 2.24) is 0 Å². The van der Waals surface area contributed by atoms with Crippen LogP contribution in [0.5, 0.6) is 0 Å². The van der Waals surface area contributed by atoms with Gasteiger partial charge in [-0.15, -0.1) is 0 Å². The molecule has 1 aromatic heterocycles. The Morgan fingerprint density at radius 1 is 1.21 bits per heavy atom. The van der Waals surface area contributed by atoms with E-state index in [1.807, 2.05) is 27.7 Å². The fourth-order valence-corrected chi connectivity index (χ4v) is 1.89. The second kappa shape index (κ2) is 4.39. The van der Waals surface area contributed by atoms with Gasteiger partial charge in [-0.05, 0) is 40.7 Å². The van der Waals surface area contributed by atoms with Crippen molar-refractivity contribution in [3.63, 3.8) is 0 Å². The number of carbonyl (C=O) groups is 1. The first-order valence-electron chi connectivity index (χ1n) is 6.22. The third kappa shape index (κ3) is 2.30. The lowest BCUT2D eigenvalue weighted by Crippen LogP contribution is -2.41. The molecule has 104 valence electrons. The van der Waals surface area contributed by atoms with E-state index in [-0.39, 0.29) is 0 Å². The Balaban J connectivity index is 2.28. The summed E-state index contributed by atoms with van der Waals surface area (Å²) in [6.45, 7) is 9.56. The predicted molar refractivity (Wildman–Crippen MR) is 70.5 cm³/mol. The summed E-state index contributed by atoms with van der Waals surface area (Å²) < 4.78 is 22.0. The molecule has 0 radical (unpaired) electrons. The fourth-order valence-electron chi connectivity index (χ4n) is 1.89. The minimum atomic E-state index is -0.609. The lowest BCUT2D eigenvalue weighted by molar-refractivity contribution is 0.00578. The minimum absolute atomic E-state index is 0.396. The van der Waals surface area contributed by atoms with Gasteiger partial charge in [0.15, 0.2) is 0 Å². The molecule has 2 rings (SSSR count). The van der Waals surface area contributed by atoms with Crippen molar-refractivity contribution in [3.05, 3.63) is 17.4 Å². The van der Waals surface area contributed by atoms with Gasteiger partial charge in [0, 0.05) is 0 Å². The van der Waals surface area contributed by atoms with E-state index in [9.17, 15) is 4.79 Å². The third-order valence-corrected chi connectivity index (χ3v) is 3.83. The van der Waals surface area contributed by atoms with Gasteiger partial charge in [0.2, 0.25) is 0 Å². The highest BCUT2D eigenvalue weighted by Gasteiger charge is 2.53. The second-order valence-electron chi connectivity index (χ2n) is 5.70. The van der Waals surface area contributed by atoms with Gasteiger partial charge in [0.1, 0.15) is 17.0 Å². The number of ether oxygens (including phenoxy) is 1. The van der Waals surface area contributed by atoms with Crippen molar-refractivity contribution in [3.8, 4) is 0 Å². The molecule has 6 heteroatoms. The Labute approximate surface area is 113 Å². The Bertz CT molecular complexity index is 487.